The fraction of sp³-hybridized carbons (Fsp3) is 0.292. The van der Waals surface area contributed by atoms with E-state index in [0.29, 0.717) is 36.1 Å². The number of hydrogen-bond donors (Lipinski definition) is 1. The van der Waals surface area contributed by atoms with E-state index in [1.54, 1.807) is 18.0 Å². The molecule has 0 bridgehead atoms. The van der Waals surface area contributed by atoms with Gasteiger partial charge in [-0.3, -0.25) is 9.58 Å². The SMILES string of the molecule is C=C(CN1CCN(c2ccc(F)cc2F)CC1)Nc1ccc(OC)c(-c2c(Cl)cnn2C)c1. The number of nitrogens with zero attached hydrogens (tertiary/aromatic N) is 4. The lowest BCUT2D eigenvalue weighted by molar-refractivity contribution is 0.278. The summed E-state index contributed by atoms with van der Waals surface area (Å²) in [4.78, 5) is 4.19. The van der Waals surface area contributed by atoms with Crippen molar-refractivity contribution in [3.05, 3.63) is 71.5 Å². The van der Waals surface area contributed by atoms with Crippen LogP contribution < -0.4 is 15.0 Å². The van der Waals surface area contributed by atoms with Crippen molar-refractivity contribution in [1.82, 2.24) is 14.7 Å². The van der Waals surface area contributed by atoms with Gasteiger partial charge in [-0.05, 0) is 30.3 Å². The number of nitrogens with one attached hydrogen (secondary N) is 1. The predicted octanol–water partition coefficient (Wildman–Crippen LogP) is 4.78. The number of aromatic nitrogens is 2. The highest BCUT2D eigenvalue weighted by atomic mass is 35.5. The van der Waals surface area contributed by atoms with E-state index in [2.05, 4.69) is 21.9 Å². The molecule has 0 radical (unpaired) electrons. The zero-order valence-electron chi connectivity index (χ0n) is 18.6. The molecule has 33 heavy (non-hydrogen) atoms. The molecule has 174 valence electrons. The number of piperazine rings is 1. The second kappa shape index (κ2) is 9.80. The first-order chi connectivity index (χ1) is 15.9. The van der Waals surface area contributed by atoms with Gasteiger partial charge in [0.05, 0.1) is 29.7 Å². The maximum atomic E-state index is 14.1. The topological polar surface area (TPSA) is 45.6 Å². The molecule has 4 rings (SSSR count). The van der Waals surface area contributed by atoms with Gasteiger partial charge in [-0.25, -0.2) is 8.78 Å². The minimum absolute atomic E-state index is 0.438. The van der Waals surface area contributed by atoms with Gasteiger partial charge < -0.3 is 15.0 Å². The highest BCUT2D eigenvalue weighted by molar-refractivity contribution is 6.33. The largest absolute Gasteiger partial charge is 0.496 e. The molecular weight excluding hydrogens is 448 g/mol. The van der Waals surface area contributed by atoms with Gasteiger partial charge in [-0.15, -0.1) is 0 Å². The number of anilines is 2. The summed E-state index contributed by atoms with van der Waals surface area (Å²) < 4.78 is 34.5. The molecule has 1 N–H and O–H groups in total. The van der Waals surface area contributed by atoms with E-state index in [0.717, 1.165) is 41.8 Å². The molecule has 6 nitrogen and oxygen atoms in total. The smallest absolute Gasteiger partial charge is 0.149 e. The summed E-state index contributed by atoms with van der Waals surface area (Å²) in [7, 11) is 3.45. The number of methoxy groups -OCH3 is 1. The predicted molar refractivity (Wildman–Crippen MR) is 128 cm³/mol. The Balaban J connectivity index is 1.38. The van der Waals surface area contributed by atoms with Crippen LogP contribution in [0.15, 0.2) is 54.9 Å². The summed E-state index contributed by atoms with van der Waals surface area (Å²) >= 11 is 6.34. The molecular formula is C24H26ClF2N5O. The fourth-order valence-electron chi connectivity index (χ4n) is 4.08. The summed E-state index contributed by atoms with van der Waals surface area (Å²) in [5, 5.41) is 8.12. The van der Waals surface area contributed by atoms with Crippen molar-refractivity contribution in [2.24, 2.45) is 7.05 Å². The van der Waals surface area contributed by atoms with Crippen molar-refractivity contribution in [1.29, 1.82) is 0 Å². The normalized spacial score (nSPS) is 14.4. The zero-order valence-corrected chi connectivity index (χ0v) is 19.4. The minimum Gasteiger partial charge on any atom is -0.496 e. The van der Waals surface area contributed by atoms with E-state index in [4.69, 9.17) is 16.3 Å². The molecule has 0 atom stereocenters. The van der Waals surface area contributed by atoms with Gasteiger partial charge in [0.2, 0.25) is 0 Å². The average molecular weight is 474 g/mol. The lowest BCUT2D eigenvalue weighted by Gasteiger charge is -2.36. The van der Waals surface area contributed by atoms with E-state index in [1.807, 2.05) is 30.1 Å². The van der Waals surface area contributed by atoms with Gasteiger partial charge in [0.1, 0.15) is 17.4 Å². The molecule has 2 aromatic carbocycles. The summed E-state index contributed by atoms with van der Waals surface area (Å²) in [5.74, 6) is -0.399. The van der Waals surface area contributed by atoms with Gasteiger partial charge in [0.25, 0.3) is 0 Å². The van der Waals surface area contributed by atoms with Crippen LogP contribution in [-0.2, 0) is 7.05 Å². The Labute approximate surface area is 197 Å². The van der Waals surface area contributed by atoms with Crippen molar-refractivity contribution in [3.63, 3.8) is 0 Å². The number of rotatable bonds is 7. The van der Waals surface area contributed by atoms with Gasteiger partial charge in [0, 0.05) is 62.8 Å². The molecule has 1 fully saturated rings. The van der Waals surface area contributed by atoms with E-state index in [-0.39, 0.29) is 0 Å². The van der Waals surface area contributed by atoms with E-state index in [9.17, 15) is 8.78 Å². The van der Waals surface area contributed by atoms with Crippen LogP contribution >= 0.6 is 11.6 Å². The Morgan fingerprint density at radius 2 is 1.91 bits per heavy atom. The highest BCUT2D eigenvalue weighted by Crippen LogP contribution is 2.36. The number of hydrogen-bond acceptors (Lipinski definition) is 5. The van der Waals surface area contributed by atoms with Gasteiger partial charge in [0.15, 0.2) is 0 Å². The molecule has 0 amide bonds. The van der Waals surface area contributed by atoms with Crippen molar-refractivity contribution in [2.75, 3.05) is 50.1 Å². The first-order valence-corrected chi connectivity index (χ1v) is 11.0. The van der Waals surface area contributed by atoms with Gasteiger partial charge >= 0.3 is 0 Å². The molecule has 1 aliphatic heterocycles. The van der Waals surface area contributed by atoms with Crippen molar-refractivity contribution >= 4 is 23.0 Å². The maximum absolute atomic E-state index is 14.1. The average Bonchev–Trinajstić information content (AvgIpc) is 3.12. The monoisotopic (exact) mass is 473 g/mol. The second-order valence-corrected chi connectivity index (χ2v) is 8.37. The number of aryl methyl sites for hydroxylation is 1. The Kier molecular flexibility index (Phi) is 6.85. The van der Waals surface area contributed by atoms with E-state index >= 15 is 0 Å². The van der Waals surface area contributed by atoms with Crippen molar-refractivity contribution in [3.8, 4) is 17.0 Å². The number of halogens is 3. The number of ether oxygens (including phenoxy) is 1. The zero-order chi connectivity index (χ0) is 23.5. The summed E-state index contributed by atoms with van der Waals surface area (Å²) in [5.41, 5.74) is 3.73. The van der Waals surface area contributed by atoms with E-state index in [1.165, 1.54) is 12.1 Å². The second-order valence-electron chi connectivity index (χ2n) is 7.97. The Morgan fingerprint density at radius 1 is 1.15 bits per heavy atom. The Hall–Kier alpha value is -3.10. The van der Waals surface area contributed by atoms with Crippen LogP contribution in [0.3, 0.4) is 0 Å². The third kappa shape index (κ3) is 5.12. The Morgan fingerprint density at radius 3 is 2.55 bits per heavy atom. The van der Waals surface area contributed by atoms with Crippen LogP contribution in [0.5, 0.6) is 5.75 Å². The van der Waals surface area contributed by atoms with Crippen LogP contribution in [-0.4, -0.2) is 54.5 Å². The third-order valence-electron chi connectivity index (χ3n) is 5.71. The lowest BCUT2D eigenvalue weighted by atomic mass is 10.1. The van der Waals surface area contributed by atoms with Gasteiger partial charge in [-0.1, -0.05) is 18.2 Å². The van der Waals surface area contributed by atoms with Crippen LogP contribution in [0, 0.1) is 11.6 Å². The van der Waals surface area contributed by atoms with Crippen molar-refractivity contribution in [2.45, 2.75) is 0 Å². The van der Waals surface area contributed by atoms with Crippen LogP contribution in [0.4, 0.5) is 20.2 Å². The summed E-state index contributed by atoms with van der Waals surface area (Å²) in [6.07, 6.45) is 1.60. The number of benzene rings is 2. The van der Waals surface area contributed by atoms with Gasteiger partial charge in [-0.2, -0.15) is 5.10 Å². The molecule has 1 aliphatic rings. The molecule has 0 spiro atoms. The molecule has 0 unspecified atom stereocenters. The molecule has 9 heteroatoms. The quantitative estimate of drug-likeness (QED) is 0.535. The molecule has 0 aliphatic carbocycles. The van der Waals surface area contributed by atoms with E-state index < -0.39 is 11.6 Å². The molecule has 1 aromatic heterocycles. The Bertz CT molecular complexity index is 1140. The summed E-state index contributed by atoms with van der Waals surface area (Å²) in [6.45, 7) is 7.62. The van der Waals surface area contributed by atoms with Crippen LogP contribution in [0.1, 0.15) is 0 Å². The highest BCUT2D eigenvalue weighted by Gasteiger charge is 2.20. The minimum atomic E-state index is -0.565. The molecule has 2 heterocycles. The molecule has 3 aromatic rings. The standard InChI is InChI=1S/C24H26ClF2N5O/c1-16(15-31-8-10-32(11-9-31)22-6-4-17(26)12-21(22)27)29-18-5-7-23(33-3)19(13-18)24-20(25)14-28-30(24)2/h4-7,12-14,29H,1,8-11,15H2,2-3H3. The first kappa shape index (κ1) is 23.1. The molecule has 1 saturated heterocycles. The summed E-state index contributed by atoms with van der Waals surface area (Å²) in [6, 6.07) is 9.48. The first-order valence-electron chi connectivity index (χ1n) is 10.6. The van der Waals surface area contributed by atoms with Crippen molar-refractivity contribution < 1.29 is 13.5 Å². The molecule has 0 saturated carbocycles. The van der Waals surface area contributed by atoms with Crippen LogP contribution in [0.2, 0.25) is 5.02 Å². The fourth-order valence-corrected chi connectivity index (χ4v) is 4.35. The lowest BCUT2D eigenvalue weighted by Crippen LogP contribution is -2.47. The third-order valence-corrected chi connectivity index (χ3v) is 5.98. The maximum Gasteiger partial charge on any atom is 0.149 e. The van der Waals surface area contributed by atoms with Crippen LogP contribution in [0.25, 0.3) is 11.3 Å².